The first kappa shape index (κ1) is 14.9. The maximum atomic E-state index is 12.3. The van der Waals surface area contributed by atoms with Crippen molar-refractivity contribution in [3.05, 3.63) is 52.9 Å². The lowest BCUT2D eigenvalue weighted by atomic mass is 10.2. The Morgan fingerprint density at radius 1 is 1.17 bits per heavy atom. The van der Waals surface area contributed by atoms with Gasteiger partial charge in [0.1, 0.15) is 11.3 Å². The van der Waals surface area contributed by atoms with E-state index in [1.807, 2.05) is 0 Å². The summed E-state index contributed by atoms with van der Waals surface area (Å²) in [6.45, 7) is 1.57. The molecule has 0 unspecified atom stereocenters. The highest BCUT2D eigenvalue weighted by molar-refractivity contribution is 5.80. The van der Waals surface area contributed by atoms with Gasteiger partial charge in [0, 0.05) is 6.07 Å². The van der Waals surface area contributed by atoms with Crippen LogP contribution in [0.25, 0.3) is 22.5 Å². The van der Waals surface area contributed by atoms with E-state index in [0.717, 1.165) is 0 Å². The molecule has 2 heterocycles. The van der Waals surface area contributed by atoms with Gasteiger partial charge < -0.3 is 18.3 Å². The van der Waals surface area contributed by atoms with Gasteiger partial charge in [-0.15, -0.1) is 0 Å². The molecule has 6 heteroatoms. The van der Waals surface area contributed by atoms with Crippen molar-refractivity contribution >= 4 is 16.9 Å². The van der Waals surface area contributed by atoms with Gasteiger partial charge in [-0.2, -0.15) is 0 Å². The molecule has 118 valence electrons. The van der Waals surface area contributed by atoms with Crippen LogP contribution in [0.2, 0.25) is 0 Å². The molecule has 1 atom stereocenters. The SMILES string of the molecule is COC(=O)[C@@H](C)Oc1ccc2oc(-c3ccco3)cc(=O)c2c1. The van der Waals surface area contributed by atoms with Crippen LogP contribution in [0.1, 0.15) is 6.92 Å². The van der Waals surface area contributed by atoms with E-state index in [0.29, 0.717) is 28.2 Å². The maximum absolute atomic E-state index is 12.3. The molecule has 6 nitrogen and oxygen atoms in total. The van der Waals surface area contributed by atoms with Crippen molar-refractivity contribution in [3.63, 3.8) is 0 Å². The summed E-state index contributed by atoms with van der Waals surface area (Å²) in [7, 11) is 1.29. The Kier molecular flexibility index (Phi) is 3.89. The summed E-state index contributed by atoms with van der Waals surface area (Å²) >= 11 is 0. The van der Waals surface area contributed by atoms with Crippen LogP contribution in [0.5, 0.6) is 5.75 Å². The third kappa shape index (κ3) is 2.96. The average Bonchev–Trinajstić information content (AvgIpc) is 3.09. The number of furan rings is 1. The lowest BCUT2D eigenvalue weighted by Gasteiger charge is -2.12. The summed E-state index contributed by atoms with van der Waals surface area (Å²) < 4.78 is 21.0. The van der Waals surface area contributed by atoms with Crippen molar-refractivity contribution in [2.45, 2.75) is 13.0 Å². The second kappa shape index (κ2) is 6.00. The fraction of sp³-hybridized carbons (Fsp3) is 0.176. The molecule has 0 aliphatic rings. The Morgan fingerprint density at radius 3 is 2.70 bits per heavy atom. The van der Waals surface area contributed by atoms with Gasteiger partial charge in [-0.05, 0) is 37.3 Å². The monoisotopic (exact) mass is 314 g/mol. The zero-order valence-corrected chi connectivity index (χ0v) is 12.6. The van der Waals surface area contributed by atoms with E-state index in [1.54, 1.807) is 31.2 Å². The number of rotatable bonds is 4. The van der Waals surface area contributed by atoms with E-state index in [-0.39, 0.29) is 5.43 Å². The molecule has 0 spiro atoms. The number of esters is 1. The van der Waals surface area contributed by atoms with Gasteiger partial charge in [0.05, 0.1) is 18.8 Å². The van der Waals surface area contributed by atoms with Crippen LogP contribution in [0.4, 0.5) is 0 Å². The molecule has 0 amide bonds. The second-order valence-corrected chi connectivity index (χ2v) is 4.89. The quantitative estimate of drug-likeness (QED) is 0.689. The predicted molar refractivity (Wildman–Crippen MR) is 82.3 cm³/mol. The summed E-state index contributed by atoms with van der Waals surface area (Å²) in [4.78, 5) is 23.7. The highest BCUT2D eigenvalue weighted by Crippen LogP contribution is 2.25. The third-order valence-corrected chi connectivity index (χ3v) is 3.31. The summed E-state index contributed by atoms with van der Waals surface area (Å²) in [5, 5.41) is 0.356. The van der Waals surface area contributed by atoms with Gasteiger partial charge >= 0.3 is 5.97 Å². The van der Waals surface area contributed by atoms with E-state index < -0.39 is 12.1 Å². The topological polar surface area (TPSA) is 78.9 Å². The van der Waals surface area contributed by atoms with E-state index >= 15 is 0 Å². The number of hydrogen-bond acceptors (Lipinski definition) is 6. The number of carbonyl (C=O) groups excluding carboxylic acids is 1. The first-order valence-corrected chi connectivity index (χ1v) is 6.95. The van der Waals surface area contributed by atoms with Crippen molar-refractivity contribution < 1.29 is 23.1 Å². The van der Waals surface area contributed by atoms with Crippen LogP contribution in [0.15, 0.2) is 56.3 Å². The van der Waals surface area contributed by atoms with Gasteiger partial charge in [-0.3, -0.25) is 4.79 Å². The first-order chi connectivity index (χ1) is 11.1. The Hall–Kier alpha value is -3.02. The molecule has 3 rings (SSSR count). The fourth-order valence-electron chi connectivity index (χ4n) is 2.17. The molecule has 2 aromatic heterocycles. The van der Waals surface area contributed by atoms with Gasteiger partial charge in [-0.1, -0.05) is 0 Å². The lowest BCUT2D eigenvalue weighted by molar-refractivity contribution is -0.147. The minimum Gasteiger partial charge on any atom is -0.479 e. The second-order valence-electron chi connectivity index (χ2n) is 4.89. The van der Waals surface area contributed by atoms with Crippen LogP contribution < -0.4 is 10.2 Å². The minimum absolute atomic E-state index is 0.228. The minimum atomic E-state index is -0.771. The van der Waals surface area contributed by atoms with Crippen molar-refractivity contribution in [1.82, 2.24) is 0 Å². The summed E-state index contributed by atoms with van der Waals surface area (Å²) in [5.41, 5.74) is 0.177. The van der Waals surface area contributed by atoms with E-state index in [9.17, 15) is 9.59 Å². The Morgan fingerprint density at radius 2 is 2.00 bits per heavy atom. The number of benzene rings is 1. The zero-order valence-electron chi connectivity index (χ0n) is 12.6. The smallest absolute Gasteiger partial charge is 0.346 e. The highest BCUT2D eigenvalue weighted by atomic mass is 16.6. The first-order valence-electron chi connectivity index (χ1n) is 6.95. The molecule has 0 fully saturated rings. The van der Waals surface area contributed by atoms with Crippen LogP contribution in [-0.2, 0) is 9.53 Å². The summed E-state index contributed by atoms with van der Waals surface area (Å²) in [6, 6.07) is 9.55. The van der Waals surface area contributed by atoms with Gasteiger partial charge in [0.15, 0.2) is 23.1 Å². The predicted octanol–water partition coefficient (Wildman–Crippen LogP) is 2.99. The molecule has 0 N–H and O–H groups in total. The highest BCUT2D eigenvalue weighted by Gasteiger charge is 2.16. The molecular weight excluding hydrogens is 300 g/mol. The standard InChI is InChI=1S/C17H14O6/c1-10(17(19)20-2)22-11-5-6-14-12(8-11)13(18)9-16(23-14)15-4-3-7-21-15/h3-10H,1-2H3/t10-/m1/s1. The van der Waals surface area contributed by atoms with E-state index in [4.69, 9.17) is 13.6 Å². The normalized spacial score (nSPS) is 12.1. The Balaban J connectivity index is 1.98. The van der Waals surface area contributed by atoms with Crippen LogP contribution in [-0.4, -0.2) is 19.2 Å². The Labute approximate surface area is 131 Å². The maximum Gasteiger partial charge on any atom is 0.346 e. The molecular formula is C17H14O6. The van der Waals surface area contributed by atoms with Gasteiger partial charge in [-0.25, -0.2) is 4.79 Å². The molecule has 0 saturated carbocycles. The van der Waals surface area contributed by atoms with Gasteiger partial charge in [0.25, 0.3) is 0 Å². The summed E-state index contributed by atoms with van der Waals surface area (Å²) in [6.07, 6.45) is 0.733. The molecule has 1 aromatic carbocycles. The third-order valence-electron chi connectivity index (χ3n) is 3.31. The largest absolute Gasteiger partial charge is 0.479 e. The van der Waals surface area contributed by atoms with Crippen LogP contribution in [0, 0.1) is 0 Å². The number of ether oxygens (including phenoxy) is 2. The molecule has 0 bridgehead atoms. The molecule has 0 saturated heterocycles. The van der Waals surface area contributed by atoms with Crippen molar-refractivity contribution in [3.8, 4) is 17.3 Å². The average molecular weight is 314 g/mol. The van der Waals surface area contributed by atoms with Crippen LogP contribution in [0.3, 0.4) is 0 Å². The van der Waals surface area contributed by atoms with Crippen LogP contribution >= 0.6 is 0 Å². The number of methoxy groups -OCH3 is 1. The van der Waals surface area contributed by atoms with Crippen molar-refractivity contribution in [1.29, 1.82) is 0 Å². The zero-order chi connectivity index (χ0) is 16.4. The van der Waals surface area contributed by atoms with Gasteiger partial charge in [0.2, 0.25) is 0 Å². The molecule has 0 radical (unpaired) electrons. The fourth-order valence-corrected chi connectivity index (χ4v) is 2.17. The van der Waals surface area contributed by atoms with E-state index in [2.05, 4.69) is 4.74 Å². The molecule has 23 heavy (non-hydrogen) atoms. The van der Waals surface area contributed by atoms with E-state index in [1.165, 1.54) is 25.5 Å². The molecule has 3 aromatic rings. The lowest BCUT2D eigenvalue weighted by Crippen LogP contribution is -2.24. The number of hydrogen-bond donors (Lipinski definition) is 0. The Bertz CT molecular complexity index is 891. The number of fused-ring (bicyclic) bond motifs is 1. The molecule has 0 aliphatic carbocycles. The van der Waals surface area contributed by atoms with Crippen molar-refractivity contribution in [2.75, 3.05) is 7.11 Å². The number of carbonyl (C=O) groups is 1. The summed E-state index contributed by atoms with van der Waals surface area (Å²) in [5.74, 6) is 0.714. The van der Waals surface area contributed by atoms with Crippen molar-refractivity contribution in [2.24, 2.45) is 0 Å². The molecule has 0 aliphatic heterocycles.